The second kappa shape index (κ2) is 7.49. The minimum atomic E-state index is -0.386. The summed E-state index contributed by atoms with van der Waals surface area (Å²) in [6.45, 7) is 2.54. The van der Waals surface area contributed by atoms with Crippen LogP contribution in [-0.2, 0) is 20.9 Å². The number of amides is 1. The quantitative estimate of drug-likeness (QED) is 0.688. The summed E-state index contributed by atoms with van der Waals surface area (Å²) in [6, 6.07) is 6.29. The molecule has 0 aliphatic heterocycles. The smallest absolute Gasteiger partial charge is 0.310 e. The minimum Gasteiger partial charge on any atom is -0.469 e. The summed E-state index contributed by atoms with van der Waals surface area (Å²) in [6.07, 6.45) is 6.81. The Hall–Kier alpha value is -1.91. The summed E-state index contributed by atoms with van der Waals surface area (Å²) >= 11 is 0. The maximum Gasteiger partial charge on any atom is 0.310 e. The summed E-state index contributed by atoms with van der Waals surface area (Å²) in [7, 11) is 1.38. The van der Waals surface area contributed by atoms with Crippen LogP contribution in [0.15, 0.2) is 24.3 Å². The van der Waals surface area contributed by atoms with E-state index in [1.54, 1.807) is 19.1 Å². The van der Waals surface area contributed by atoms with Crippen molar-refractivity contribution in [1.82, 2.24) is 4.90 Å². The summed E-state index contributed by atoms with van der Waals surface area (Å²) < 4.78 is 18.2. The molecule has 1 unspecified atom stereocenters. The van der Waals surface area contributed by atoms with E-state index >= 15 is 0 Å². The van der Waals surface area contributed by atoms with Crippen LogP contribution in [0.4, 0.5) is 4.39 Å². The van der Waals surface area contributed by atoms with E-state index in [-0.39, 0.29) is 29.0 Å². The Bertz CT molecular complexity index is 709. The lowest BCUT2D eigenvalue weighted by Crippen LogP contribution is -2.55. The molecule has 4 aliphatic rings. The molecule has 4 bridgehead atoms. The van der Waals surface area contributed by atoms with Crippen LogP contribution in [0.25, 0.3) is 0 Å². The molecule has 4 aliphatic carbocycles. The molecule has 0 N–H and O–H groups in total. The van der Waals surface area contributed by atoms with Gasteiger partial charge >= 0.3 is 5.97 Å². The van der Waals surface area contributed by atoms with Crippen LogP contribution in [-0.4, -0.2) is 30.4 Å². The van der Waals surface area contributed by atoms with Crippen molar-refractivity contribution in [1.29, 1.82) is 0 Å². The number of hydrogen-bond acceptors (Lipinski definition) is 3. The van der Waals surface area contributed by atoms with Gasteiger partial charge in [-0.05, 0) is 74.0 Å². The van der Waals surface area contributed by atoms with Crippen LogP contribution in [0.3, 0.4) is 0 Å². The molecule has 28 heavy (non-hydrogen) atoms. The Morgan fingerprint density at radius 2 is 1.64 bits per heavy atom. The van der Waals surface area contributed by atoms with Crippen LogP contribution >= 0.6 is 0 Å². The zero-order valence-corrected chi connectivity index (χ0v) is 16.8. The molecule has 0 heterocycles. The molecule has 0 radical (unpaired) electrons. The number of halogens is 1. The van der Waals surface area contributed by atoms with E-state index in [1.165, 1.54) is 38.5 Å². The fraction of sp³-hybridized carbons (Fsp3) is 0.652. The fourth-order valence-corrected chi connectivity index (χ4v) is 6.34. The van der Waals surface area contributed by atoms with Crippen molar-refractivity contribution >= 4 is 11.9 Å². The summed E-state index contributed by atoms with van der Waals surface area (Å²) in [4.78, 5) is 27.7. The number of esters is 1. The van der Waals surface area contributed by atoms with E-state index < -0.39 is 0 Å². The maximum atomic E-state index is 13.8. The first-order valence-corrected chi connectivity index (χ1v) is 10.5. The van der Waals surface area contributed by atoms with Crippen LogP contribution in [0.5, 0.6) is 0 Å². The van der Waals surface area contributed by atoms with Gasteiger partial charge in [0, 0.05) is 13.1 Å². The number of nitrogens with zero attached hydrogens (tertiary/aromatic N) is 1. The molecule has 1 aromatic rings. The van der Waals surface area contributed by atoms with E-state index in [9.17, 15) is 14.0 Å². The van der Waals surface area contributed by atoms with Gasteiger partial charge in [0.25, 0.3) is 0 Å². The van der Waals surface area contributed by atoms with Gasteiger partial charge in [-0.3, -0.25) is 9.59 Å². The van der Waals surface area contributed by atoms with Crippen LogP contribution in [0, 0.1) is 34.9 Å². The lowest BCUT2D eigenvalue weighted by Gasteiger charge is -2.56. The first-order chi connectivity index (χ1) is 13.4. The Labute approximate surface area is 166 Å². The molecule has 0 spiro atoms. The van der Waals surface area contributed by atoms with Crippen molar-refractivity contribution < 1.29 is 18.7 Å². The largest absolute Gasteiger partial charge is 0.469 e. The molecule has 1 amide bonds. The van der Waals surface area contributed by atoms with Crippen molar-refractivity contribution in [2.45, 2.75) is 52.0 Å². The molecule has 0 saturated heterocycles. The average molecular weight is 387 g/mol. The lowest BCUT2D eigenvalue weighted by atomic mass is 9.49. The van der Waals surface area contributed by atoms with Gasteiger partial charge in [0.2, 0.25) is 5.91 Å². The van der Waals surface area contributed by atoms with E-state index in [4.69, 9.17) is 4.74 Å². The highest BCUT2D eigenvalue weighted by Gasteiger charge is 2.55. The molecule has 4 saturated carbocycles. The molecule has 5 heteroatoms. The monoisotopic (exact) mass is 387 g/mol. The zero-order chi connectivity index (χ0) is 19.9. The number of ether oxygens (including phenoxy) is 1. The second-order valence-electron chi connectivity index (χ2n) is 9.43. The highest BCUT2D eigenvalue weighted by atomic mass is 19.1. The number of carbonyl (C=O) groups excluding carboxylic acids is 2. The molecule has 1 atom stereocenters. The Balaban J connectivity index is 1.57. The van der Waals surface area contributed by atoms with Gasteiger partial charge in [0.1, 0.15) is 5.82 Å². The Morgan fingerprint density at radius 3 is 2.14 bits per heavy atom. The summed E-state index contributed by atoms with van der Waals surface area (Å²) in [5.41, 5.74) is 0.626. The molecule has 1 aromatic carbocycles. The van der Waals surface area contributed by atoms with Crippen molar-refractivity contribution in [3.8, 4) is 0 Å². The second-order valence-corrected chi connectivity index (χ2v) is 9.43. The third-order valence-corrected chi connectivity index (χ3v) is 7.16. The normalized spacial score (nSPS) is 31.5. The summed E-state index contributed by atoms with van der Waals surface area (Å²) in [5.74, 6) is 1.26. The van der Waals surface area contributed by atoms with Crippen LogP contribution in [0.2, 0.25) is 0 Å². The highest BCUT2D eigenvalue weighted by molar-refractivity contribution is 5.84. The van der Waals surface area contributed by atoms with Crippen LogP contribution < -0.4 is 0 Å². The van der Waals surface area contributed by atoms with E-state index in [2.05, 4.69) is 0 Å². The topological polar surface area (TPSA) is 46.6 Å². The van der Waals surface area contributed by atoms with Crippen molar-refractivity contribution in [3.05, 3.63) is 35.6 Å². The third kappa shape index (κ3) is 3.68. The number of methoxy groups -OCH3 is 1. The molecule has 0 aromatic heterocycles. The molecule has 152 valence electrons. The van der Waals surface area contributed by atoms with Gasteiger partial charge in [-0.25, -0.2) is 4.39 Å². The van der Waals surface area contributed by atoms with E-state index in [0.717, 1.165) is 24.8 Å². The van der Waals surface area contributed by atoms with Crippen molar-refractivity contribution in [2.24, 2.45) is 29.1 Å². The van der Waals surface area contributed by atoms with Gasteiger partial charge in [0.15, 0.2) is 0 Å². The number of carbonyl (C=O) groups is 2. The number of rotatable bonds is 6. The Morgan fingerprint density at radius 1 is 1.11 bits per heavy atom. The Kier molecular flexibility index (Phi) is 5.19. The molecular formula is C23H30FNO3. The van der Waals surface area contributed by atoms with Gasteiger partial charge in [-0.2, -0.15) is 0 Å². The van der Waals surface area contributed by atoms with Gasteiger partial charge in [-0.15, -0.1) is 0 Å². The highest BCUT2D eigenvalue weighted by Crippen LogP contribution is 2.60. The van der Waals surface area contributed by atoms with Gasteiger partial charge < -0.3 is 9.64 Å². The number of benzene rings is 1. The van der Waals surface area contributed by atoms with Gasteiger partial charge in [-0.1, -0.05) is 19.1 Å². The predicted octanol–water partition coefficient (Wildman–Crippen LogP) is 4.18. The standard InChI is InChI=1S/C23H30FNO3/c1-15(21(26)28-2)13-25(14-16-3-5-20(24)6-4-16)22(27)23-10-17-7-18(11-23)9-19(8-17)12-23/h3-6,15,17-19H,7-14H2,1-2H3. The molecular weight excluding hydrogens is 357 g/mol. The lowest BCUT2D eigenvalue weighted by molar-refractivity contribution is -0.160. The van der Waals surface area contributed by atoms with E-state index in [1.807, 2.05) is 4.90 Å². The average Bonchev–Trinajstić information content (AvgIpc) is 2.66. The third-order valence-electron chi connectivity index (χ3n) is 7.16. The van der Waals surface area contributed by atoms with Gasteiger partial charge in [0.05, 0.1) is 18.4 Å². The predicted molar refractivity (Wildman–Crippen MR) is 104 cm³/mol. The van der Waals surface area contributed by atoms with Crippen molar-refractivity contribution in [3.63, 3.8) is 0 Å². The first kappa shape index (κ1) is 19.4. The zero-order valence-electron chi connectivity index (χ0n) is 16.8. The molecule has 4 fully saturated rings. The maximum absolute atomic E-state index is 13.8. The fourth-order valence-electron chi connectivity index (χ4n) is 6.34. The van der Waals surface area contributed by atoms with Crippen LogP contribution in [0.1, 0.15) is 51.0 Å². The first-order valence-electron chi connectivity index (χ1n) is 10.5. The molecule has 5 rings (SSSR count). The number of hydrogen-bond donors (Lipinski definition) is 0. The van der Waals surface area contributed by atoms with Crippen molar-refractivity contribution in [2.75, 3.05) is 13.7 Å². The summed E-state index contributed by atoms with van der Waals surface area (Å²) in [5, 5.41) is 0. The molecule has 4 nitrogen and oxygen atoms in total. The van der Waals surface area contributed by atoms with E-state index in [0.29, 0.717) is 30.8 Å². The SMILES string of the molecule is COC(=O)C(C)CN(Cc1ccc(F)cc1)C(=O)C12CC3CC(CC(C3)C1)C2. The minimum absolute atomic E-state index is 0.187.